The van der Waals surface area contributed by atoms with Crippen molar-refractivity contribution < 1.29 is 17.9 Å². The fraction of sp³-hybridized carbons (Fsp3) is 0.571. The van der Waals surface area contributed by atoms with Gasteiger partial charge in [0.25, 0.3) is 0 Å². The third kappa shape index (κ3) is 2.73. The van der Waals surface area contributed by atoms with Gasteiger partial charge in [-0.2, -0.15) is 4.31 Å². The van der Waals surface area contributed by atoms with Crippen LogP contribution in [0.25, 0.3) is 0 Å². The molecule has 3 rings (SSSR count). The van der Waals surface area contributed by atoms with E-state index in [4.69, 9.17) is 9.47 Å². The highest BCUT2D eigenvalue weighted by molar-refractivity contribution is 7.89. The minimum atomic E-state index is -3.52. The van der Waals surface area contributed by atoms with Gasteiger partial charge in [-0.25, -0.2) is 8.42 Å². The number of fused-ring (bicyclic) bond motifs is 1. The fourth-order valence-electron chi connectivity index (χ4n) is 2.64. The minimum absolute atomic E-state index is 0.0700. The van der Waals surface area contributed by atoms with E-state index in [9.17, 15) is 8.42 Å². The van der Waals surface area contributed by atoms with Crippen molar-refractivity contribution in [2.24, 2.45) is 0 Å². The van der Waals surface area contributed by atoms with Crippen molar-refractivity contribution in [1.82, 2.24) is 9.62 Å². The van der Waals surface area contributed by atoms with Gasteiger partial charge in [-0.05, 0) is 26.0 Å². The molecule has 1 fully saturated rings. The summed E-state index contributed by atoms with van der Waals surface area (Å²) in [7, 11) is -3.52. The van der Waals surface area contributed by atoms with E-state index in [1.54, 1.807) is 22.5 Å². The van der Waals surface area contributed by atoms with E-state index in [1.807, 2.05) is 13.8 Å². The number of sulfonamides is 1. The van der Waals surface area contributed by atoms with Gasteiger partial charge in [0.15, 0.2) is 11.5 Å². The summed E-state index contributed by atoms with van der Waals surface area (Å²) in [6.45, 7) is 5.96. The zero-order valence-electron chi connectivity index (χ0n) is 12.2. The third-order valence-electron chi connectivity index (χ3n) is 3.83. The maximum absolute atomic E-state index is 12.8. The monoisotopic (exact) mass is 312 g/mol. The molecule has 2 unspecified atom stereocenters. The van der Waals surface area contributed by atoms with Crippen LogP contribution < -0.4 is 14.8 Å². The average Bonchev–Trinajstić information content (AvgIpc) is 2.49. The molecule has 0 amide bonds. The average molecular weight is 312 g/mol. The summed E-state index contributed by atoms with van der Waals surface area (Å²) in [4.78, 5) is 0.257. The highest BCUT2D eigenvalue weighted by Crippen LogP contribution is 2.33. The second kappa shape index (κ2) is 5.47. The lowest BCUT2D eigenvalue weighted by Gasteiger charge is -2.36. The first kappa shape index (κ1) is 14.6. The number of piperazine rings is 1. The smallest absolute Gasteiger partial charge is 0.243 e. The summed E-state index contributed by atoms with van der Waals surface area (Å²) in [5, 5.41) is 3.28. The van der Waals surface area contributed by atoms with Crippen molar-refractivity contribution in [2.45, 2.75) is 30.8 Å². The van der Waals surface area contributed by atoms with Crippen LogP contribution >= 0.6 is 0 Å². The van der Waals surface area contributed by atoms with Gasteiger partial charge in [0.1, 0.15) is 13.2 Å². The number of hydrogen-bond acceptors (Lipinski definition) is 5. The summed E-state index contributed by atoms with van der Waals surface area (Å²) in [5.74, 6) is 1.10. The first-order valence-electron chi connectivity index (χ1n) is 7.13. The molecule has 0 radical (unpaired) electrons. The van der Waals surface area contributed by atoms with Crippen LogP contribution in [0.2, 0.25) is 0 Å². The zero-order chi connectivity index (χ0) is 15.0. The highest BCUT2D eigenvalue weighted by atomic mass is 32.2. The van der Waals surface area contributed by atoms with Crippen LogP contribution in [-0.2, 0) is 10.0 Å². The van der Waals surface area contributed by atoms with Crippen LogP contribution in [0.4, 0.5) is 0 Å². The SMILES string of the molecule is CC1CN(S(=O)(=O)c2ccc3c(c2)OCCO3)C(C)CN1. The molecule has 1 aromatic rings. The van der Waals surface area contributed by atoms with Gasteiger partial charge in [0, 0.05) is 31.2 Å². The molecule has 21 heavy (non-hydrogen) atoms. The molecule has 0 saturated carbocycles. The standard InChI is InChI=1S/C14H20N2O4S/c1-10-9-16(11(2)8-15-10)21(17,18)12-3-4-13-14(7-12)20-6-5-19-13/h3-4,7,10-11,15H,5-6,8-9H2,1-2H3. The Morgan fingerprint density at radius 1 is 1.19 bits per heavy atom. The molecule has 1 N–H and O–H groups in total. The Labute approximate surface area is 125 Å². The Morgan fingerprint density at radius 2 is 1.90 bits per heavy atom. The minimum Gasteiger partial charge on any atom is -0.486 e. The van der Waals surface area contributed by atoms with Gasteiger partial charge in [-0.15, -0.1) is 0 Å². The number of nitrogens with one attached hydrogen (secondary N) is 1. The molecule has 0 aliphatic carbocycles. The molecule has 2 atom stereocenters. The second-order valence-electron chi connectivity index (χ2n) is 5.54. The van der Waals surface area contributed by atoms with Gasteiger partial charge in [0.2, 0.25) is 10.0 Å². The van der Waals surface area contributed by atoms with E-state index in [1.165, 1.54) is 0 Å². The van der Waals surface area contributed by atoms with Crippen molar-refractivity contribution in [2.75, 3.05) is 26.3 Å². The van der Waals surface area contributed by atoms with Crippen LogP contribution in [-0.4, -0.2) is 51.1 Å². The largest absolute Gasteiger partial charge is 0.486 e. The number of hydrogen-bond donors (Lipinski definition) is 1. The molecule has 0 spiro atoms. The number of ether oxygens (including phenoxy) is 2. The van der Waals surface area contributed by atoms with Crippen LogP contribution in [0, 0.1) is 0 Å². The molecular formula is C14H20N2O4S. The molecule has 6 nitrogen and oxygen atoms in total. The predicted octanol–water partition coefficient (Wildman–Crippen LogP) is 0.829. The lowest BCUT2D eigenvalue weighted by atomic mass is 10.2. The van der Waals surface area contributed by atoms with Gasteiger partial charge >= 0.3 is 0 Å². The van der Waals surface area contributed by atoms with E-state index in [0.29, 0.717) is 37.8 Å². The van der Waals surface area contributed by atoms with Gasteiger partial charge in [-0.1, -0.05) is 0 Å². The molecule has 0 bridgehead atoms. The van der Waals surface area contributed by atoms with Crippen LogP contribution in [0.5, 0.6) is 11.5 Å². The van der Waals surface area contributed by atoms with Crippen molar-refractivity contribution in [3.05, 3.63) is 18.2 Å². The zero-order valence-corrected chi connectivity index (χ0v) is 13.0. The van der Waals surface area contributed by atoms with Gasteiger partial charge in [-0.3, -0.25) is 0 Å². The summed E-state index contributed by atoms with van der Waals surface area (Å²) >= 11 is 0. The first-order valence-corrected chi connectivity index (χ1v) is 8.57. The quantitative estimate of drug-likeness (QED) is 0.876. The number of nitrogens with zero attached hydrogens (tertiary/aromatic N) is 1. The molecule has 2 aliphatic heterocycles. The Balaban J connectivity index is 1.94. The van der Waals surface area contributed by atoms with E-state index in [-0.39, 0.29) is 17.0 Å². The fourth-order valence-corrected chi connectivity index (χ4v) is 4.38. The number of rotatable bonds is 2. The molecule has 1 saturated heterocycles. The molecule has 2 aliphatic rings. The molecule has 116 valence electrons. The van der Waals surface area contributed by atoms with Crippen molar-refractivity contribution >= 4 is 10.0 Å². The Kier molecular flexibility index (Phi) is 3.81. The lowest BCUT2D eigenvalue weighted by Crippen LogP contribution is -2.56. The normalized spacial score (nSPS) is 26.6. The molecule has 1 aromatic carbocycles. The van der Waals surface area contributed by atoms with Gasteiger partial charge in [0.05, 0.1) is 4.90 Å². The van der Waals surface area contributed by atoms with E-state index >= 15 is 0 Å². The van der Waals surface area contributed by atoms with Crippen molar-refractivity contribution in [3.8, 4) is 11.5 Å². The van der Waals surface area contributed by atoms with Crippen molar-refractivity contribution in [3.63, 3.8) is 0 Å². The molecule has 0 aromatic heterocycles. The van der Waals surface area contributed by atoms with Crippen LogP contribution in [0.1, 0.15) is 13.8 Å². The second-order valence-corrected chi connectivity index (χ2v) is 7.43. The van der Waals surface area contributed by atoms with Crippen molar-refractivity contribution in [1.29, 1.82) is 0 Å². The Hall–Kier alpha value is -1.31. The number of benzene rings is 1. The molecule has 2 heterocycles. The van der Waals surface area contributed by atoms with Gasteiger partial charge < -0.3 is 14.8 Å². The maximum Gasteiger partial charge on any atom is 0.243 e. The summed E-state index contributed by atoms with van der Waals surface area (Å²) in [6.07, 6.45) is 0. The molecule has 7 heteroatoms. The summed E-state index contributed by atoms with van der Waals surface area (Å²) in [6, 6.07) is 4.89. The first-order chi connectivity index (χ1) is 9.98. The summed E-state index contributed by atoms with van der Waals surface area (Å²) in [5.41, 5.74) is 0. The summed E-state index contributed by atoms with van der Waals surface area (Å²) < 4.78 is 38.1. The van der Waals surface area contributed by atoms with E-state index in [2.05, 4.69) is 5.32 Å². The third-order valence-corrected chi connectivity index (χ3v) is 5.80. The topological polar surface area (TPSA) is 67.9 Å². The Bertz CT molecular complexity index is 632. The van der Waals surface area contributed by atoms with Crippen LogP contribution in [0.15, 0.2) is 23.1 Å². The Morgan fingerprint density at radius 3 is 2.67 bits per heavy atom. The lowest BCUT2D eigenvalue weighted by molar-refractivity contribution is 0.171. The predicted molar refractivity (Wildman–Crippen MR) is 78.3 cm³/mol. The molecular weight excluding hydrogens is 292 g/mol. The maximum atomic E-state index is 12.8. The van der Waals surface area contributed by atoms with E-state index in [0.717, 1.165) is 0 Å². The van der Waals surface area contributed by atoms with Crippen LogP contribution in [0.3, 0.4) is 0 Å². The highest BCUT2D eigenvalue weighted by Gasteiger charge is 2.34. The van der Waals surface area contributed by atoms with E-state index < -0.39 is 10.0 Å².